The molecule has 0 radical (unpaired) electrons. The van der Waals surface area contributed by atoms with E-state index in [1.165, 1.54) is 5.69 Å². The van der Waals surface area contributed by atoms with Crippen LogP contribution in [0, 0.1) is 6.92 Å². The van der Waals surface area contributed by atoms with Gasteiger partial charge in [0.1, 0.15) is 5.75 Å². The molecule has 1 N–H and O–H groups in total. The summed E-state index contributed by atoms with van der Waals surface area (Å²) < 4.78 is 1.76. The van der Waals surface area contributed by atoms with Crippen LogP contribution in [0.1, 0.15) is 11.3 Å². The van der Waals surface area contributed by atoms with Crippen LogP contribution in [0.25, 0.3) is 12.0 Å². The lowest BCUT2D eigenvalue weighted by atomic mass is 10.2. The summed E-state index contributed by atoms with van der Waals surface area (Å²) >= 11 is 0. The minimum Gasteiger partial charge on any atom is -0.508 e. The van der Waals surface area contributed by atoms with Gasteiger partial charge in [0.15, 0.2) is 0 Å². The zero-order chi connectivity index (χ0) is 19.3. The maximum absolute atomic E-state index is 9.43. The first-order valence-electron chi connectivity index (χ1n) is 9.45. The summed E-state index contributed by atoms with van der Waals surface area (Å²) in [6, 6.07) is 9.23. The SMILES string of the molecule is Cc1c(C=CCN2CCN(c3ccc(O)cc3)CC2)cnn1-c1ncccn1.Cl. The third-order valence-corrected chi connectivity index (χ3v) is 5.04. The number of rotatable bonds is 5. The van der Waals surface area contributed by atoms with Gasteiger partial charge < -0.3 is 10.0 Å². The Morgan fingerprint density at radius 3 is 2.41 bits per heavy atom. The van der Waals surface area contributed by atoms with Crippen molar-refractivity contribution in [2.75, 3.05) is 37.6 Å². The molecule has 0 unspecified atom stereocenters. The van der Waals surface area contributed by atoms with E-state index in [1.54, 1.807) is 35.3 Å². The van der Waals surface area contributed by atoms with Crippen LogP contribution in [-0.2, 0) is 0 Å². The summed E-state index contributed by atoms with van der Waals surface area (Å²) in [6.07, 6.45) is 9.60. The molecule has 2 aromatic heterocycles. The molecule has 1 saturated heterocycles. The van der Waals surface area contributed by atoms with E-state index < -0.39 is 0 Å². The second-order valence-electron chi connectivity index (χ2n) is 6.85. The lowest BCUT2D eigenvalue weighted by Gasteiger charge is -2.35. The van der Waals surface area contributed by atoms with Gasteiger partial charge in [-0.3, -0.25) is 4.90 Å². The Balaban J connectivity index is 0.00000240. The first kappa shape index (κ1) is 20.8. The van der Waals surface area contributed by atoms with Crippen molar-refractivity contribution in [1.29, 1.82) is 0 Å². The van der Waals surface area contributed by atoms with Crippen LogP contribution < -0.4 is 4.90 Å². The van der Waals surface area contributed by atoms with Gasteiger partial charge in [-0.15, -0.1) is 12.4 Å². The Labute approximate surface area is 176 Å². The second kappa shape index (κ2) is 9.54. The number of hydrogen-bond acceptors (Lipinski definition) is 6. The standard InChI is InChI=1S/C21H24N6O.ClH/c1-17-18(16-24-27(17)21-22-9-3-10-23-21)4-2-11-25-12-14-26(15-13-25)19-5-7-20(28)8-6-19;/h2-10,16,28H,11-15H2,1H3;1H. The number of aromatic nitrogens is 4. The number of phenolic OH excluding ortho intramolecular Hbond substituents is 1. The van der Waals surface area contributed by atoms with Crippen LogP contribution in [0.4, 0.5) is 5.69 Å². The van der Waals surface area contributed by atoms with Gasteiger partial charge in [-0.25, -0.2) is 14.6 Å². The van der Waals surface area contributed by atoms with Gasteiger partial charge >= 0.3 is 0 Å². The zero-order valence-corrected chi connectivity index (χ0v) is 17.2. The molecule has 1 fully saturated rings. The molecule has 29 heavy (non-hydrogen) atoms. The van der Waals surface area contributed by atoms with Crippen molar-refractivity contribution in [3.63, 3.8) is 0 Å². The number of aromatic hydroxyl groups is 1. The largest absolute Gasteiger partial charge is 0.508 e. The van der Waals surface area contributed by atoms with Gasteiger partial charge in [0.05, 0.1) is 11.9 Å². The molecule has 8 heteroatoms. The van der Waals surface area contributed by atoms with Crippen molar-refractivity contribution in [2.45, 2.75) is 6.92 Å². The molecule has 7 nitrogen and oxygen atoms in total. The molecular weight excluding hydrogens is 388 g/mol. The van der Waals surface area contributed by atoms with Crippen LogP contribution >= 0.6 is 12.4 Å². The summed E-state index contributed by atoms with van der Waals surface area (Å²) in [5, 5.41) is 13.8. The Morgan fingerprint density at radius 2 is 1.72 bits per heavy atom. The molecule has 152 valence electrons. The van der Waals surface area contributed by atoms with Crippen LogP contribution in [0.5, 0.6) is 5.75 Å². The number of hydrogen-bond donors (Lipinski definition) is 1. The highest BCUT2D eigenvalue weighted by Crippen LogP contribution is 2.20. The Bertz CT molecular complexity index is 934. The predicted molar refractivity (Wildman–Crippen MR) is 117 cm³/mol. The van der Waals surface area contributed by atoms with Crippen molar-refractivity contribution < 1.29 is 5.11 Å². The van der Waals surface area contributed by atoms with Crippen molar-refractivity contribution in [1.82, 2.24) is 24.6 Å². The van der Waals surface area contributed by atoms with Gasteiger partial charge in [0.25, 0.3) is 5.95 Å². The summed E-state index contributed by atoms with van der Waals surface area (Å²) in [7, 11) is 0. The van der Waals surface area contributed by atoms with Gasteiger partial charge in [-0.2, -0.15) is 5.10 Å². The lowest BCUT2D eigenvalue weighted by Crippen LogP contribution is -2.46. The predicted octanol–water partition coefficient (Wildman–Crippen LogP) is 2.93. The van der Waals surface area contributed by atoms with E-state index in [0.717, 1.165) is 44.0 Å². The molecule has 1 aliphatic rings. The van der Waals surface area contributed by atoms with Crippen LogP contribution in [0.2, 0.25) is 0 Å². The van der Waals surface area contributed by atoms with E-state index in [9.17, 15) is 5.11 Å². The third-order valence-electron chi connectivity index (χ3n) is 5.04. The summed E-state index contributed by atoms with van der Waals surface area (Å²) in [4.78, 5) is 13.3. The van der Waals surface area contributed by atoms with E-state index in [0.29, 0.717) is 11.7 Å². The molecule has 0 atom stereocenters. The van der Waals surface area contributed by atoms with E-state index in [4.69, 9.17) is 0 Å². The fraction of sp³-hybridized carbons (Fsp3) is 0.286. The molecular formula is C21H25ClN6O. The van der Waals surface area contributed by atoms with Gasteiger partial charge in [0, 0.05) is 56.4 Å². The summed E-state index contributed by atoms with van der Waals surface area (Å²) in [5.41, 5.74) is 3.27. The average Bonchev–Trinajstić information content (AvgIpc) is 3.10. The molecule has 0 saturated carbocycles. The Morgan fingerprint density at radius 1 is 1.03 bits per heavy atom. The zero-order valence-electron chi connectivity index (χ0n) is 16.3. The first-order valence-corrected chi connectivity index (χ1v) is 9.45. The minimum absolute atomic E-state index is 0. The molecule has 0 spiro atoms. The fourth-order valence-corrected chi connectivity index (χ4v) is 3.37. The van der Waals surface area contributed by atoms with E-state index in [2.05, 4.69) is 37.0 Å². The maximum atomic E-state index is 9.43. The van der Waals surface area contributed by atoms with Gasteiger partial charge in [-0.1, -0.05) is 12.2 Å². The highest BCUT2D eigenvalue weighted by atomic mass is 35.5. The maximum Gasteiger partial charge on any atom is 0.250 e. The number of benzene rings is 1. The Kier molecular flexibility index (Phi) is 6.85. The van der Waals surface area contributed by atoms with E-state index >= 15 is 0 Å². The van der Waals surface area contributed by atoms with Crippen LogP contribution in [0.15, 0.2) is 55.0 Å². The number of anilines is 1. The number of halogens is 1. The smallest absolute Gasteiger partial charge is 0.250 e. The molecule has 0 bridgehead atoms. The molecule has 0 aliphatic carbocycles. The average molecular weight is 413 g/mol. The molecule has 3 aromatic rings. The van der Waals surface area contributed by atoms with Crippen molar-refractivity contribution in [3.8, 4) is 11.7 Å². The number of nitrogens with zero attached hydrogens (tertiary/aromatic N) is 6. The van der Waals surface area contributed by atoms with E-state index in [-0.39, 0.29) is 12.4 Å². The quantitative estimate of drug-likeness (QED) is 0.694. The Hall–Kier alpha value is -2.90. The monoisotopic (exact) mass is 412 g/mol. The third kappa shape index (κ3) is 4.93. The molecule has 4 rings (SSSR count). The van der Waals surface area contributed by atoms with Gasteiger partial charge in [0.2, 0.25) is 0 Å². The van der Waals surface area contributed by atoms with Crippen molar-refractivity contribution >= 4 is 24.2 Å². The highest BCUT2D eigenvalue weighted by Gasteiger charge is 2.16. The number of piperazine rings is 1. The number of phenols is 1. The van der Waals surface area contributed by atoms with E-state index in [1.807, 2.05) is 25.3 Å². The molecule has 3 heterocycles. The topological polar surface area (TPSA) is 70.3 Å². The normalized spacial score (nSPS) is 14.9. The second-order valence-corrected chi connectivity index (χ2v) is 6.85. The highest BCUT2D eigenvalue weighted by molar-refractivity contribution is 5.85. The van der Waals surface area contributed by atoms with Crippen molar-refractivity contribution in [3.05, 3.63) is 66.3 Å². The van der Waals surface area contributed by atoms with Crippen molar-refractivity contribution in [2.24, 2.45) is 0 Å². The first-order chi connectivity index (χ1) is 13.7. The molecule has 0 amide bonds. The molecule has 1 aromatic carbocycles. The van der Waals surface area contributed by atoms with Gasteiger partial charge in [-0.05, 0) is 37.3 Å². The van der Waals surface area contributed by atoms with Crippen LogP contribution in [0.3, 0.4) is 0 Å². The summed E-state index contributed by atoms with van der Waals surface area (Å²) in [5.74, 6) is 0.898. The lowest BCUT2D eigenvalue weighted by molar-refractivity contribution is 0.284. The van der Waals surface area contributed by atoms with Crippen LogP contribution in [-0.4, -0.2) is 62.5 Å². The fourth-order valence-electron chi connectivity index (χ4n) is 3.37. The molecule has 1 aliphatic heterocycles. The summed E-state index contributed by atoms with van der Waals surface area (Å²) in [6.45, 7) is 6.94. The minimum atomic E-state index is 0.